The summed E-state index contributed by atoms with van der Waals surface area (Å²) in [4.78, 5) is 0.255. The fourth-order valence-electron chi connectivity index (χ4n) is 3.33. The topological polar surface area (TPSA) is 50.0 Å². The first-order chi connectivity index (χ1) is 12.8. The molecule has 0 atom stereocenters. The lowest BCUT2D eigenvalue weighted by molar-refractivity contribution is -0.697. The van der Waals surface area contributed by atoms with Crippen LogP contribution in [0.1, 0.15) is 12.8 Å². The summed E-state index contributed by atoms with van der Waals surface area (Å²) in [5.74, 6) is 0.356. The van der Waals surface area contributed by atoms with E-state index in [1.165, 1.54) is 23.7 Å². The van der Waals surface area contributed by atoms with Gasteiger partial charge in [0.05, 0.1) is 15.8 Å². The van der Waals surface area contributed by atoms with Crippen molar-refractivity contribution in [1.29, 1.82) is 0 Å². The minimum atomic E-state index is -3.35. The molecular weight excluding hydrogens is 363 g/mol. The van der Waals surface area contributed by atoms with Gasteiger partial charge in [-0.3, -0.25) is 0 Å². The minimum Gasteiger partial charge on any atom is -0.384 e. The summed E-state index contributed by atoms with van der Waals surface area (Å²) in [5, 5.41) is 4.72. The van der Waals surface area contributed by atoms with E-state index in [9.17, 15) is 12.8 Å². The number of sulfone groups is 1. The molecule has 0 aliphatic heterocycles. The number of hydrogen-bond donors (Lipinski definition) is 1. The fraction of sp³-hybridized carbons (Fsp3) is 0.286. The van der Waals surface area contributed by atoms with Gasteiger partial charge in [-0.25, -0.2) is 8.42 Å². The first kappa shape index (κ1) is 17.9. The SMILES string of the molecule is C[n+]1cc(-c2cc(S(C)(=O)=O)ccc2NCC2CC2)c2ccccc2c1F. The lowest BCUT2D eigenvalue weighted by atomic mass is 9.99. The summed E-state index contributed by atoms with van der Waals surface area (Å²) in [7, 11) is -1.69. The van der Waals surface area contributed by atoms with E-state index in [2.05, 4.69) is 5.32 Å². The van der Waals surface area contributed by atoms with Gasteiger partial charge in [-0.2, -0.15) is 4.57 Å². The largest absolute Gasteiger partial charge is 0.384 e. The third-order valence-electron chi connectivity index (χ3n) is 5.06. The standard InChI is InChI=1S/C21H22FN2O2S/c1-24-13-19(16-5-3-4-6-17(16)21(24)22)18-11-15(27(2,25)26)9-10-20(18)23-12-14-7-8-14/h3-6,9-11,13-14,23H,7-8,12H2,1-2H3/q+1. The normalized spacial score (nSPS) is 14.5. The average molecular weight is 385 g/mol. The number of aryl methyl sites for hydroxylation is 1. The zero-order valence-electron chi connectivity index (χ0n) is 15.4. The second-order valence-corrected chi connectivity index (χ2v) is 9.31. The van der Waals surface area contributed by atoms with E-state index in [-0.39, 0.29) is 10.8 Å². The second kappa shape index (κ2) is 6.60. The first-order valence-corrected chi connectivity index (χ1v) is 10.9. The predicted molar refractivity (Wildman–Crippen MR) is 105 cm³/mol. The maximum atomic E-state index is 14.6. The summed E-state index contributed by atoms with van der Waals surface area (Å²) in [6.07, 6.45) is 5.37. The average Bonchev–Trinajstić information content (AvgIpc) is 3.47. The Bertz CT molecular complexity index is 1140. The number of rotatable bonds is 5. The van der Waals surface area contributed by atoms with Crippen molar-refractivity contribution in [2.75, 3.05) is 18.1 Å². The Labute approximate surface area is 158 Å². The summed E-state index contributed by atoms with van der Waals surface area (Å²) >= 11 is 0. The zero-order chi connectivity index (χ0) is 19.2. The summed E-state index contributed by atoms with van der Waals surface area (Å²) in [6.45, 7) is 0.858. The molecule has 140 valence electrons. The Morgan fingerprint density at radius 3 is 2.48 bits per heavy atom. The van der Waals surface area contributed by atoms with Crippen molar-refractivity contribution in [1.82, 2.24) is 0 Å². The van der Waals surface area contributed by atoms with Gasteiger partial charge in [0, 0.05) is 29.4 Å². The third kappa shape index (κ3) is 3.54. The van der Waals surface area contributed by atoms with Crippen LogP contribution in [0.15, 0.2) is 53.6 Å². The van der Waals surface area contributed by atoms with Gasteiger partial charge in [-0.15, -0.1) is 4.39 Å². The number of fused-ring (bicyclic) bond motifs is 1. The van der Waals surface area contributed by atoms with Crippen LogP contribution in [-0.2, 0) is 16.9 Å². The number of halogens is 1. The van der Waals surface area contributed by atoms with Crippen molar-refractivity contribution in [3.8, 4) is 11.1 Å². The van der Waals surface area contributed by atoms with Crippen LogP contribution in [0.25, 0.3) is 21.9 Å². The van der Waals surface area contributed by atoms with Crippen LogP contribution < -0.4 is 9.88 Å². The fourth-order valence-corrected chi connectivity index (χ4v) is 3.98. The van der Waals surface area contributed by atoms with Gasteiger partial charge in [0.1, 0.15) is 7.05 Å². The number of hydrogen-bond acceptors (Lipinski definition) is 3. The van der Waals surface area contributed by atoms with E-state index in [1.54, 1.807) is 37.5 Å². The molecule has 4 nitrogen and oxygen atoms in total. The van der Waals surface area contributed by atoms with Crippen molar-refractivity contribution in [3.05, 3.63) is 54.6 Å². The number of benzene rings is 2. The van der Waals surface area contributed by atoms with E-state index in [1.807, 2.05) is 18.2 Å². The molecule has 1 fully saturated rings. The smallest absolute Gasteiger partial charge is 0.367 e. The summed E-state index contributed by atoms with van der Waals surface area (Å²) < 4.78 is 40.2. The number of pyridine rings is 1. The zero-order valence-corrected chi connectivity index (χ0v) is 16.2. The molecule has 0 spiro atoms. The highest BCUT2D eigenvalue weighted by Gasteiger charge is 2.23. The third-order valence-corrected chi connectivity index (χ3v) is 6.17. The van der Waals surface area contributed by atoms with Crippen molar-refractivity contribution in [2.24, 2.45) is 13.0 Å². The predicted octanol–water partition coefficient (Wildman–Crippen LogP) is 3.70. The van der Waals surface area contributed by atoms with Crippen LogP contribution in [0, 0.1) is 11.9 Å². The van der Waals surface area contributed by atoms with E-state index in [4.69, 9.17) is 0 Å². The van der Waals surface area contributed by atoms with Crippen molar-refractivity contribution in [2.45, 2.75) is 17.7 Å². The van der Waals surface area contributed by atoms with Crippen LogP contribution in [-0.4, -0.2) is 21.2 Å². The van der Waals surface area contributed by atoms with Crippen LogP contribution in [0.3, 0.4) is 0 Å². The molecule has 1 aliphatic carbocycles. The summed E-state index contributed by atoms with van der Waals surface area (Å²) in [5.41, 5.74) is 2.44. The van der Waals surface area contributed by atoms with E-state index in [0.717, 1.165) is 28.7 Å². The van der Waals surface area contributed by atoms with Crippen LogP contribution in [0.2, 0.25) is 0 Å². The van der Waals surface area contributed by atoms with Gasteiger partial charge < -0.3 is 5.32 Å². The Balaban J connectivity index is 1.96. The van der Waals surface area contributed by atoms with Gasteiger partial charge in [-0.1, -0.05) is 18.2 Å². The van der Waals surface area contributed by atoms with Crippen molar-refractivity contribution >= 4 is 26.3 Å². The monoisotopic (exact) mass is 385 g/mol. The van der Waals surface area contributed by atoms with E-state index < -0.39 is 9.84 Å². The molecule has 1 saturated carbocycles. The Hall–Kier alpha value is -2.47. The van der Waals surface area contributed by atoms with Gasteiger partial charge in [0.25, 0.3) is 0 Å². The quantitative estimate of drug-likeness (QED) is 0.538. The maximum absolute atomic E-state index is 14.6. The molecule has 1 heterocycles. The van der Waals surface area contributed by atoms with Gasteiger partial charge in [-0.05, 0) is 43.0 Å². The molecule has 6 heteroatoms. The van der Waals surface area contributed by atoms with Crippen LogP contribution in [0.5, 0.6) is 0 Å². The van der Waals surface area contributed by atoms with Crippen molar-refractivity contribution in [3.63, 3.8) is 0 Å². The molecule has 0 unspecified atom stereocenters. The second-order valence-electron chi connectivity index (χ2n) is 7.29. The highest BCUT2D eigenvalue weighted by molar-refractivity contribution is 7.90. The van der Waals surface area contributed by atoms with Crippen molar-refractivity contribution < 1.29 is 17.4 Å². The number of aromatic nitrogens is 1. The van der Waals surface area contributed by atoms with E-state index >= 15 is 0 Å². The summed E-state index contributed by atoms with van der Waals surface area (Å²) in [6, 6.07) is 12.4. The lowest BCUT2D eigenvalue weighted by Gasteiger charge is -2.14. The molecule has 1 N–H and O–H groups in total. The Kier molecular flexibility index (Phi) is 4.38. The Morgan fingerprint density at radius 2 is 1.81 bits per heavy atom. The molecule has 1 aromatic heterocycles. The molecule has 0 bridgehead atoms. The van der Waals surface area contributed by atoms with Gasteiger partial charge in [0.15, 0.2) is 16.0 Å². The molecular formula is C21H22FN2O2S+. The maximum Gasteiger partial charge on any atom is 0.367 e. The van der Waals surface area contributed by atoms with Gasteiger partial charge >= 0.3 is 5.95 Å². The lowest BCUT2D eigenvalue weighted by Crippen LogP contribution is -2.33. The van der Waals surface area contributed by atoms with E-state index in [0.29, 0.717) is 11.3 Å². The number of nitrogens with one attached hydrogen (secondary N) is 1. The molecule has 0 radical (unpaired) electrons. The number of anilines is 1. The highest BCUT2D eigenvalue weighted by Crippen LogP contribution is 2.36. The van der Waals surface area contributed by atoms with Crippen LogP contribution in [0.4, 0.5) is 10.1 Å². The molecule has 2 aromatic carbocycles. The van der Waals surface area contributed by atoms with Gasteiger partial charge in [0.2, 0.25) is 0 Å². The minimum absolute atomic E-state index is 0.255. The molecule has 1 aliphatic rings. The Morgan fingerprint density at radius 1 is 1.11 bits per heavy atom. The first-order valence-electron chi connectivity index (χ1n) is 9.00. The highest BCUT2D eigenvalue weighted by atomic mass is 32.2. The molecule has 0 saturated heterocycles. The molecule has 27 heavy (non-hydrogen) atoms. The van der Waals surface area contributed by atoms with Crippen LogP contribution >= 0.6 is 0 Å². The molecule has 3 aromatic rings. The molecule has 4 rings (SSSR count). The number of nitrogens with zero attached hydrogens (tertiary/aromatic N) is 1. The molecule has 0 amide bonds.